The molecule has 0 aliphatic carbocycles. The summed E-state index contributed by atoms with van der Waals surface area (Å²) >= 11 is 0. The first-order chi connectivity index (χ1) is 22.0. The van der Waals surface area contributed by atoms with Gasteiger partial charge in [0.25, 0.3) is 11.8 Å². The van der Waals surface area contributed by atoms with Crippen LogP contribution in [0.15, 0.2) is 0 Å². The summed E-state index contributed by atoms with van der Waals surface area (Å²) in [5.41, 5.74) is 0. The van der Waals surface area contributed by atoms with Gasteiger partial charge in [-0.15, -0.1) is 5.06 Å². The maximum absolute atomic E-state index is 13.1. The summed E-state index contributed by atoms with van der Waals surface area (Å²) in [6.45, 7) is 2.05. The third-order valence-electron chi connectivity index (χ3n) is 8.22. The Balaban J connectivity index is 1.38. The van der Waals surface area contributed by atoms with Crippen LogP contribution in [0.25, 0.3) is 0 Å². The molecule has 264 valence electrons. The predicted octanol–water partition coefficient (Wildman–Crippen LogP) is -0.738. The van der Waals surface area contributed by atoms with Crippen LogP contribution in [0.4, 0.5) is 0 Å². The van der Waals surface area contributed by atoms with E-state index in [9.17, 15) is 44.7 Å². The van der Waals surface area contributed by atoms with Crippen molar-refractivity contribution in [3.63, 3.8) is 0 Å². The van der Waals surface area contributed by atoms with Crippen LogP contribution in [0, 0.1) is 0 Å². The second kappa shape index (κ2) is 19.5. The zero-order chi connectivity index (χ0) is 33.6. The van der Waals surface area contributed by atoms with Gasteiger partial charge in [0.05, 0.1) is 25.9 Å². The van der Waals surface area contributed by atoms with E-state index < -0.39 is 67.5 Å². The van der Waals surface area contributed by atoms with Gasteiger partial charge in [-0.1, -0.05) is 19.3 Å². The normalized spacial score (nSPS) is 30.1. The van der Waals surface area contributed by atoms with E-state index in [2.05, 4.69) is 0 Å². The van der Waals surface area contributed by atoms with Crippen LogP contribution < -0.4 is 0 Å². The Morgan fingerprint density at radius 1 is 0.804 bits per heavy atom. The van der Waals surface area contributed by atoms with Gasteiger partial charge in [0, 0.05) is 38.8 Å². The number of aliphatic hydroxyl groups is 5. The molecule has 0 aromatic rings. The van der Waals surface area contributed by atoms with Crippen molar-refractivity contribution >= 4 is 23.7 Å². The predicted molar refractivity (Wildman–Crippen MR) is 156 cm³/mol. The lowest BCUT2D eigenvalue weighted by Gasteiger charge is -2.39. The van der Waals surface area contributed by atoms with Crippen molar-refractivity contribution in [1.29, 1.82) is 0 Å². The van der Waals surface area contributed by atoms with Gasteiger partial charge in [0.1, 0.15) is 30.5 Å². The summed E-state index contributed by atoms with van der Waals surface area (Å²) in [4.78, 5) is 54.6. The van der Waals surface area contributed by atoms with Gasteiger partial charge >= 0.3 is 5.97 Å². The molecule has 46 heavy (non-hydrogen) atoms. The van der Waals surface area contributed by atoms with E-state index in [1.54, 1.807) is 4.90 Å². The fourth-order valence-electron chi connectivity index (χ4n) is 5.42. The van der Waals surface area contributed by atoms with Crippen LogP contribution in [0.2, 0.25) is 0 Å². The molecule has 5 N–H and O–H groups in total. The Bertz CT molecular complexity index is 967. The Labute approximate surface area is 268 Å². The average Bonchev–Trinajstić information content (AvgIpc) is 3.34. The average molecular weight is 663 g/mol. The lowest BCUT2D eigenvalue weighted by atomic mass is 9.99. The number of carbonyl (C=O) groups excluding carboxylic acids is 4. The van der Waals surface area contributed by atoms with E-state index in [-0.39, 0.29) is 64.0 Å². The van der Waals surface area contributed by atoms with Gasteiger partial charge in [-0.3, -0.25) is 14.4 Å². The zero-order valence-corrected chi connectivity index (χ0v) is 26.4. The molecule has 3 heterocycles. The van der Waals surface area contributed by atoms with E-state index >= 15 is 0 Å². The monoisotopic (exact) mass is 662 g/mol. The number of unbranched alkanes of at least 4 members (excludes halogenated alkanes) is 4. The summed E-state index contributed by atoms with van der Waals surface area (Å²) in [5, 5.41) is 50.1. The number of nitrogens with zero attached hydrogens (tertiary/aromatic N) is 2. The highest BCUT2D eigenvalue weighted by Gasteiger charge is 2.44. The molecule has 3 aliphatic rings. The van der Waals surface area contributed by atoms with Crippen LogP contribution in [-0.4, -0.2) is 141 Å². The first kappa shape index (κ1) is 38.2. The number of amides is 3. The van der Waals surface area contributed by atoms with Crippen LogP contribution in [0.3, 0.4) is 0 Å². The Morgan fingerprint density at radius 3 is 2.15 bits per heavy atom. The molecule has 0 aromatic carbocycles. The van der Waals surface area contributed by atoms with Crippen molar-refractivity contribution in [1.82, 2.24) is 9.96 Å². The molecule has 3 fully saturated rings. The number of hydroxylamine groups is 2. The zero-order valence-electron chi connectivity index (χ0n) is 26.4. The first-order valence-corrected chi connectivity index (χ1v) is 16.2. The maximum atomic E-state index is 13.1. The third kappa shape index (κ3) is 11.8. The van der Waals surface area contributed by atoms with Crippen molar-refractivity contribution in [3.05, 3.63) is 0 Å². The summed E-state index contributed by atoms with van der Waals surface area (Å²) in [7, 11) is 0. The number of carbonyl (C=O) groups is 4. The van der Waals surface area contributed by atoms with E-state index in [4.69, 9.17) is 23.8 Å². The van der Waals surface area contributed by atoms with Crippen LogP contribution in [-0.2, 0) is 43.0 Å². The standard InChI is InChI=1S/C30H50N2O14/c1-19-10-11-20(34)29(44-19)43-17-15-31(14-7-16-42-30-28(41)27(40)26(39)21(18-33)45-30)22(35)8-5-3-2-4-6-9-25(38)46-32-23(36)12-13-24(32)37/h19-21,26-30,33-34,39-41H,2-18H2,1H3/t19-,20-,21+,26+,27-,28-,29+,30-/m0/s1. The van der Waals surface area contributed by atoms with Crippen LogP contribution in [0.1, 0.15) is 84.0 Å². The third-order valence-corrected chi connectivity index (χ3v) is 8.22. The van der Waals surface area contributed by atoms with Crippen molar-refractivity contribution in [2.45, 2.75) is 133 Å². The molecule has 0 bridgehead atoms. The Kier molecular flexibility index (Phi) is 16.2. The van der Waals surface area contributed by atoms with Gasteiger partial charge < -0.3 is 54.2 Å². The molecule has 0 unspecified atom stereocenters. The molecule has 16 nitrogen and oxygen atoms in total. The van der Waals surface area contributed by atoms with Gasteiger partial charge in [0.2, 0.25) is 5.91 Å². The van der Waals surface area contributed by atoms with Gasteiger partial charge in [0.15, 0.2) is 12.6 Å². The van der Waals surface area contributed by atoms with Crippen molar-refractivity contribution in [2.24, 2.45) is 0 Å². The highest BCUT2D eigenvalue weighted by atomic mass is 16.7. The molecule has 3 aliphatic heterocycles. The molecule has 0 saturated carbocycles. The Hall–Kier alpha value is -2.28. The molecule has 0 radical (unpaired) electrons. The number of aliphatic hydroxyl groups excluding tert-OH is 5. The van der Waals surface area contributed by atoms with E-state index in [0.29, 0.717) is 37.2 Å². The van der Waals surface area contributed by atoms with E-state index in [1.165, 1.54) is 0 Å². The summed E-state index contributed by atoms with van der Waals surface area (Å²) in [6.07, 6.45) is -3.04. The topological polar surface area (TPSA) is 222 Å². The minimum atomic E-state index is -1.55. The highest BCUT2D eigenvalue weighted by Crippen LogP contribution is 2.23. The van der Waals surface area contributed by atoms with Crippen molar-refractivity contribution in [3.8, 4) is 0 Å². The summed E-state index contributed by atoms with van der Waals surface area (Å²) in [5.74, 6) is -1.77. The fourth-order valence-corrected chi connectivity index (χ4v) is 5.42. The first-order valence-electron chi connectivity index (χ1n) is 16.2. The molecule has 0 spiro atoms. The van der Waals surface area contributed by atoms with Gasteiger partial charge in [-0.2, -0.15) is 0 Å². The summed E-state index contributed by atoms with van der Waals surface area (Å²) in [6, 6.07) is 0. The number of rotatable bonds is 19. The summed E-state index contributed by atoms with van der Waals surface area (Å²) < 4.78 is 22.3. The Morgan fingerprint density at radius 2 is 1.46 bits per heavy atom. The second-order valence-electron chi connectivity index (χ2n) is 11.9. The number of imide groups is 1. The molecule has 3 amide bonds. The SMILES string of the molecule is C[C@H]1CC[C@H](O)[C@H](OCCN(CCCO[C@H]2O[C@H](CO)[C@@H](O)[C@H](O)[C@@H]2O)C(=O)CCCCCCCC(=O)ON2C(=O)CCC2=O)O1. The van der Waals surface area contributed by atoms with Crippen molar-refractivity contribution in [2.75, 3.05) is 32.9 Å². The quantitative estimate of drug-likeness (QED) is 0.0850. The maximum Gasteiger partial charge on any atom is 0.333 e. The second-order valence-corrected chi connectivity index (χ2v) is 11.9. The van der Waals surface area contributed by atoms with Crippen molar-refractivity contribution < 1.29 is 68.5 Å². The molecule has 0 aromatic heterocycles. The van der Waals surface area contributed by atoms with Gasteiger partial charge in [-0.25, -0.2) is 4.79 Å². The lowest BCUT2D eigenvalue weighted by molar-refractivity contribution is -0.301. The molecule has 8 atom stereocenters. The van der Waals surface area contributed by atoms with Crippen LogP contribution in [0.5, 0.6) is 0 Å². The van der Waals surface area contributed by atoms with Gasteiger partial charge in [-0.05, 0) is 39.0 Å². The highest BCUT2D eigenvalue weighted by molar-refractivity contribution is 6.01. The number of ether oxygens (including phenoxy) is 4. The molecule has 16 heteroatoms. The minimum absolute atomic E-state index is 0.0442. The largest absolute Gasteiger partial charge is 0.394 e. The minimum Gasteiger partial charge on any atom is -0.394 e. The molecular weight excluding hydrogens is 612 g/mol. The van der Waals surface area contributed by atoms with E-state index in [1.807, 2.05) is 6.92 Å². The molecule has 3 saturated heterocycles. The molecule has 3 rings (SSSR count). The number of hydrogen-bond acceptors (Lipinski definition) is 14. The van der Waals surface area contributed by atoms with E-state index in [0.717, 1.165) is 19.3 Å². The lowest BCUT2D eigenvalue weighted by Crippen LogP contribution is -2.59. The fraction of sp³-hybridized carbons (Fsp3) is 0.867. The smallest absolute Gasteiger partial charge is 0.333 e. The number of hydrogen-bond donors (Lipinski definition) is 5. The molecular formula is C30H50N2O14. The van der Waals surface area contributed by atoms with Crippen LogP contribution >= 0.6 is 0 Å².